The van der Waals surface area contributed by atoms with Crippen LogP contribution in [0.25, 0.3) is 0 Å². The van der Waals surface area contributed by atoms with E-state index in [2.05, 4.69) is 20.4 Å². The number of halogens is 3. The van der Waals surface area contributed by atoms with E-state index in [1.807, 2.05) is 0 Å². The first kappa shape index (κ1) is 16.6. The molecule has 0 saturated carbocycles. The molecule has 1 aromatic heterocycles. The van der Waals surface area contributed by atoms with Gasteiger partial charge in [0.1, 0.15) is 5.75 Å². The number of nitrogens with one attached hydrogen (secondary N) is 2. The Morgan fingerprint density at radius 1 is 1.17 bits per heavy atom. The van der Waals surface area contributed by atoms with E-state index in [1.165, 1.54) is 18.2 Å². The molecule has 0 aliphatic rings. The summed E-state index contributed by atoms with van der Waals surface area (Å²) in [5.74, 6) is 0.0184. The fraction of sp³-hybridized carbons (Fsp3) is 0.200. The fourth-order valence-corrected chi connectivity index (χ4v) is 1.68. The molecule has 5 nitrogen and oxygen atoms in total. The van der Waals surface area contributed by atoms with Crippen molar-refractivity contribution in [1.82, 2.24) is 10.3 Å². The Kier molecular flexibility index (Phi) is 5.40. The van der Waals surface area contributed by atoms with Crippen LogP contribution < -0.4 is 15.4 Å². The minimum atomic E-state index is -4.41. The maximum absolute atomic E-state index is 12.1. The Bertz CT molecular complexity index is 648. The van der Waals surface area contributed by atoms with Crippen LogP contribution in [0.1, 0.15) is 5.69 Å². The van der Waals surface area contributed by atoms with Gasteiger partial charge < -0.3 is 15.4 Å². The van der Waals surface area contributed by atoms with Crippen molar-refractivity contribution < 1.29 is 22.7 Å². The number of benzene rings is 1. The topological polar surface area (TPSA) is 63.2 Å². The maximum atomic E-state index is 12.1. The minimum Gasteiger partial charge on any atom is -0.484 e. The molecule has 0 atom stereocenters. The van der Waals surface area contributed by atoms with Gasteiger partial charge in [-0.15, -0.1) is 0 Å². The summed E-state index contributed by atoms with van der Waals surface area (Å²) in [5.41, 5.74) is 1.01. The molecule has 2 N–H and O–H groups in total. The first-order valence-corrected chi connectivity index (χ1v) is 6.67. The average Bonchev–Trinajstić information content (AvgIpc) is 2.52. The Morgan fingerprint density at radius 3 is 2.70 bits per heavy atom. The molecular formula is C15H14F3N3O2. The number of rotatable bonds is 5. The largest absolute Gasteiger partial charge is 0.484 e. The lowest BCUT2D eigenvalue weighted by Gasteiger charge is -2.11. The van der Waals surface area contributed by atoms with Crippen molar-refractivity contribution in [3.63, 3.8) is 0 Å². The Balaban J connectivity index is 1.86. The lowest BCUT2D eigenvalue weighted by molar-refractivity contribution is -0.153. The van der Waals surface area contributed by atoms with E-state index in [-0.39, 0.29) is 12.3 Å². The molecule has 0 spiro atoms. The number of urea groups is 1. The zero-order valence-corrected chi connectivity index (χ0v) is 11.9. The average molecular weight is 325 g/mol. The van der Waals surface area contributed by atoms with E-state index in [0.29, 0.717) is 11.4 Å². The molecule has 23 heavy (non-hydrogen) atoms. The Hall–Kier alpha value is -2.77. The van der Waals surface area contributed by atoms with E-state index in [0.717, 1.165) is 0 Å². The fourth-order valence-electron chi connectivity index (χ4n) is 1.68. The van der Waals surface area contributed by atoms with Crippen molar-refractivity contribution in [1.29, 1.82) is 0 Å². The number of aromatic nitrogens is 1. The number of pyridine rings is 1. The number of alkyl halides is 3. The molecule has 1 aromatic carbocycles. The molecule has 2 rings (SSSR count). The highest BCUT2D eigenvalue weighted by Crippen LogP contribution is 2.21. The van der Waals surface area contributed by atoms with Gasteiger partial charge in [0.15, 0.2) is 6.61 Å². The Labute approximate surface area is 130 Å². The summed E-state index contributed by atoms with van der Waals surface area (Å²) in [6.45, 7) is -1.15. The number of nitrogens with zero attached hydrogens (tertiary/aromatic N) is 1. The molecule has 122 valence electrons. The van der Waals surface area contributed by atoms with Crippen LogP contribution in [0.2, 0.25) is 0 Å². The van der Waals surface area contributed by atoms with Crippen molar-refractivity contribution in [2.45, 2.75) is 12.7 Å². The monoisotopic (exact) mass is 325 g/mol. The minimum absolute atomic E-state index is 0.0184. The third kappa shape index (κ3) is 6.25. The van der Waals surface area contributed by atoms with Gasteiger partial charge in [-0.25, -0.2) is 4.79 Å². The number of hydrogen-bond acceptors (Lipinski definition) is 3. The van der Waals surface area contributed by atoms with E-state index in [1.54, 1.807) is 30.5 Å². The first-order chi connectivity index (χ1) is 10.9. The molecule has 0 fully saturated rings. The molecule has 0 aliphatic heterocycles. The van der Waals surface area contributed by atoms with Gasteiger partial charge in [0.25, 0.3) is 0 Å². The van der Waals surface area contributed by atoms with E-state index < -0.39 is 18.8 Å². The molecule has 0 bridgehead atoms. The van der Waals surface area contributed by atoms with Gasteiger partial charge in [-0.05, 0) is 24.3 Å². The number of ether oxygens (including phenoxy) is 1. The zero-order chi connectivity index (χ0) is 16.7. The summed E-state index contributed by atoms with van der Waals surface area (Å²) in [5, 5.41) is 5.10. The number of carbonyl (C=O) groups excluding carboxylic acids is 1. The molecule has 2 aromatic rings. The van der Waals surface area contributed by atoms with Crippen molar-refractivity contribution in [2.75, 3.05) is 11.9 Å². The van der Waals surface area contributed by atoms with Crippen LogP contribution in [-0.2, 0) is 6.54 Å². The predicted octanol–water partition coefficient (Wildman–Crippen LogP) is 3.34. The van der Waals surface area contributed by atoms with Crippen molar-refractivity contribution >= 4 is 11.7 Å². The Morgan fingerprint density at radius 2 is 2.00 bits per heavy atom. The molecule has 2 amide bonds. The molecule has 1 heterocycles. The van der Waals surface area contributed by atoms with Crippen LogP contribution in [0.5, 0.6) is 5.75 Å². The summed E-state index contributed by atoms with van der Waals surface area (Å²) in [7, 11) is 0. The normalized spacial score (nSPS) is 10.9. The quantitative estimate of drug-likeness (QED) is 0.886. The number of anilines is 1. The van der Waals surface area contributed by atoms with Crippen LogP contribution in [0.3, 0.4) is 0 Å². The van der Waals surface area contributed by atoms with E-state index in [9.17, 15) is 18.0 Å². The van der Waals surface area contributed by atoms with E-state index in [4.69, 9.17) is 0 Å². The van der Waals surface area contributed by atoms with Crippen molar-refractivity contribution in [2.24, 2.45) is 0 Å². The SMILES string of the molecule is O=C(NCc1ccccn1)Nc1cccc(OCC(F)(F)F)c1. The molecule has 0 aliphatic carbocycles. The molecule has 0 saturated heterocycles. The van der Waals surface area contributed by atoms with E-state index >= 15 is 0 Å². The maximum Gasteiger partial charge on any atom is 0.422 e. The predicted molar refractivity (Wildman–Crippen MR) is 78.1 cm³/mol. The van der Waals surface area contributed by atoms with Gasteiger partial charge in [0, 0.05) is 18.0 Å². The van der Waals surface area contributed by atoms with Crippen LogP contribution in [0.4, 0.5) is 23.7 Å². The third-order valence-electron chi connectivity index (χ3n) is 2.65. The second-order valence-corrected chi connectivity index (χ2v) is 4.56. The van der Waals surface area contributed by atoms with Gasteiger partial charge in [-0.1, -0.05) is 12.1 Å². The van der Waals surface area contributed by atoms with Gasteiger partial charge >= 0.3 is 12.2 Å². The summed E-state index contributed by atoms with van der Waals surface area (Å²) in [4.78, 5) is 15.8. The highest BCUT2D eigenvalue weighted by Gasteiger charge is 2.28. The van der Waals surface area contributed by atoms with Crippen LogP contribution in [-0.4, -0.2) is 23.8 Å². The number of amides is 2. The number of carbonyl (C=O) groups is 1. The molecule has 0 unspecified atom stereocenters. The summed E-state index contributed by atoms with van der Waals surface area (Å²) < 4.78 is 40.9. The van der Waals surface area contributed by atoms with Gasteiger partial charge in [0.2, 0.25) is 0 Å². The third-order valence-corrected chi connectivity index (χ3v) is 2.65. The number of hydrogen-bond donors (Lipinski definition) is 2. The molecule has 8 heteroatoms. The lowest BCUT2D eigenvalue weighted by Crippen LogP contribution is -2.28. The van der Waals surface area contributed by atoms with Gasteiger partial charge in [-0.3, -0.25) is 4.98 Å². The highest BCUT2D eigenvalue weighted by atomic mass is 19.4. The summed E-state index contributed by atoms with van der Waals surface area (Å²) in [6, 6.07) is 10.5. The first-order valence-electron chi connectivity index (χ1n) is 6.67. The summed E-state index contributed by atoms with van der Waals surface area (Å²) >= 11 is 0. The van der Waals surface area contributed by atoms with Crippen LogP contribution in [0, 0.1) is 0 Å². The standard InChI is InChI=1S/C15H14F3N3O2/c16-15(17,18)10-23-13-6-3-5-11(8-13)21-14(22)20-9-12-4-1-2-7-19-12/h1-8H,9-10H2,(H2,20,21,22). The zero-order valence-electron chi connectivity index (χ0n) is 11.9. The smallest absolute Gasteiger partial charge is 0.422 e. The highest BCUT2D eigenvalue weighted by molar-refractivity contribution is 5.89. The van der Waals surface area contributed by atoms with Crippen molar-refractivity contribution in [3.05, 3.63) is 54.4 Å². The molecule has 0 radical (unpaired) electrons. The van der Waals surface area contributed by atoms with Gasteiger partial charge in [0.05, 0.1) is 12.2 Å². The lowest BCUT2D eigenvalue weighted by atomic mass is 10.3. The van der Waals surface area contributed by atoms with Crippen LogP contribution >= 0.6 is 0 Å². The molecular weight excluding hydrogens is 311 g/mol. The second-order valence-electron chi connectivity index (χ2n) is 4.56. The summed E-state index contributed by atoms with van der Waals surface area (Å²) in [6.07, 6.45) is -2.81. The van der Waals surface area contributed by atoms with Gasteiger partial charge in [-0.2, -0.15) is 13.2 Å². The second kappa shape index (κ2) is 7.48. The van der Waals surface area contributed by atoms with Crippen LogP contribution in [0.15, 0.2) is 48.7 Å². The van der Waals surface area contributed by atoms with Crippen molar-refractivity contribution in [3.8, 4) is 5.75 Å².